The molecule has 8 aliphatic rings. The summed E-state index contributed by atoms with van der Waals surface area (Å²) < 4.78 is 99.7. The first-order chi connectivity index (χ1) is 65.9. The largest absolute Gasteiger partial charge is 0.520 e. The van der Waals surface area contributed by atoms with Gasteiger partial charge in [-0.05, 0) is 163 Å². The van der Waals surface area contributed by atoms with Gasteiger partial charge in [0.05, 0.1) is 0 Å². The van der Waals surface area contributed by atoms with Gasteiger partial charge in [-0.15, -0.1) is 0 Å². The Bertz CT molecular complexity index is 5090. The van der Waals surface area contributed by atoms with Crippen molar-refractivity contribution in [2.75, 3.05) is 0 Å². The molecule has 4 saturated heterocycles. The molecule has 0 spiro atoms. The number of aryl methyl sites for hydroxylation is 6. The van der Waals surface area contributed by atoms with Gasteiger partial charge in [0.1, 0.15) is 0 Å². The highest BCUT2D eigenvalue weighted by Gasteiger charge is 2.77. The molecule has 4 aliphatic carbocycles. The highest BCUT2D eigenvalue weighted by atomic mass is 28.6. The summed E-state index contributed by atoms with van der Waals surface area (Å²) in [7, 11) is -62.7. The number of hydrogen-bond donors (Lipinski definition) is 12. The van der Waals surface area contributed by atoms with Gasteiger partial charge in [0, 0.05) is 151 Å². The van der Waals surface area contributed by atoms with E-state index in [1.807, 2.05) is 97.1 Å². The quantitative estimate of drug-likeness (QED) is 0.0225. The molecule has 0 amide bonds. The maximum atomic E-state index is 13.1. The van der Waals surface area contributed by atoms with Crippen molar-refractivity contribution < 1.29 is 119 Å². The maximum absolute atomic E-state index is 13.1. The normalized spacial score (nSPS) is 32.9. The molecule has 47 heteroatoms. The van der Waals surface area contributed by atoms with E-state index in [9.17, 15) is 57.5 Å². The van der Waals surface area contributed by atoms with Gasteiger partial charge in [-0.25, -0.2) is 0 Å². The number of nitrogens with zero attached hydrogens (tertiary/aromatic N) is 6. The molecule has 4 saturated carbocycles. The number of fused-ring (bicyclic) bond motifs is 2. The van der Waals surface area contributed by atoms with E-state index in [1.54, 1.807) is 171 Å². The van der Waals surface area contributed by atoms with Crippen LogP contribution in [0.5, 0.6) is 0 Å². The molecule has 137 heavy (non-hydrogen) atoms. The Morgan fingerprint density at radius 3 is 0.620 bits per heavy atom. The second-order valence-corrected chi connectivity index (χ2v) is 75.3. The molecule has 10 heterocycles. The average molecular weight is 2120 g/mol. The average Bonchev–Trinajstić information content (AvgIpc) is 0.719. The molecule has 2 bridgehead atoms. The van der Waals surface area contributed by atoms with Crippen LogP contribution in [0, 0.1) is 0 Å². The molecule has 18 rings (SSSR count). The summed E-state index contributed by atoms with van der Waals surface area (Å²) in [6.45, 7) is 0. The lowest BCUT2D eigenvalue weighted by Gasteiger charge is -2.56. The predicted octanol–water partition coefficient (Wildman–Crippen LogP) is 9.11. The highest BCUT2D eigenvalue weighted by Crippen LogP contribution is 2.54. The summed E-state index contributed by atoms with van der Waals surface area (Å²) in [5.41, 5.74) is 2.74. The summed E-state index contributed by atoms with van der Waals surface area (Å²) in [6, 6.07) is 66.9. The van der Waals surface area contributed by atoms with Crippen LogP contribution in [-0.2, 0) is 100 Å². The standard InChI is InChI=1S/C38H52N2O11Si6.C26H42N2O8Si4.C26H30N2O8Si4/c41-52(31-27-33-17-13-15-29-39-33)45-53(42,32-28-34-18-14-16-30-40-34)47-57(38-25-11-4-12-26-38)50-55(44,36-21-7-2-8-22-36)48-54(43,35-19-5-1-6-20-35)49-56(46-52,51-57)37-23-9-3-10-24-37;2*29-37(21-17-23-11-7-9-19-27-23)33-38(30,22-18-24-12-8-10-20-28-24)35-40(32,26-15-5-2-6-16-26)36-39(31,34-37)25-13-3-1-4-14-25/h1-2,5-8,13-22,29-30,37-38,41-44H,3-4,9-12,23-28,31-32H2;7-12,19-20,25-26,29-32H,1-6,13-18,21-22H2;1-16,19-20,29-32H,17-18,21-22H2. The van der Waals surface area contributed by atoms with E-state index in [0.29, 0.717) is 97.4 Å². The zero-order valence-electron chi connectivity index (χ0n) is 76.5. The third kappa shape index (κ3) is 27.1. The second-order valence-electron chi connectivity index (χ2n) is 36.3. The molecular weight excluding hydrogens is 1990 g/mol. The Hall–Kier alpha value is -6.26. The second kappa shape index (κ2) is 45.8. The van der Waals surface area contributed by atoms with Crippen molar-refractivity contribution >= 4 is 144 Å². The van der Waals surface area contributed by atoms with E-state index in [4.69, 9.17) is 61.7 Å². The smallest absolute Gasteiger partial charge is 0.391 e. The van der Waals surface area contributed by atoms with Gasteiger partial charge in [-0.2, -0.15) is 0 Å². The lowest BCUT2D eigenvalue weighted by atomic mass is 10.0. The molecule has 33 nitrogen and oxygen atoms in total. The van der Waals surface area contributed by atoms with E-state index >= 15 is 0 Å². The van der Waals surface area contributed by atoms with Crippen LogP contribution in [-0.4, -0.2) is 211 Å². The third-order valence-corrected chi connectivity index (χ3v) is 77.6. The van der Waals surface area contributed by atoms with Crippen molar-refractivity contribution in [1.82, 2.24) is 29.9 Å². The molecule has 4 aromatic carbocycles. The van der Waals surface area contributed by atoms with Gasteiger partial charge >= 0.3 is 123 Å². The van der Waals surface area contributed by atoms with E-state index < -0.39 is 134 Å². The molecule has 6 aromatic heterocycles. The number of hydrogen-bond acceptors (Lipinski definition) is 33. The van der Waals surface area contributed by atoms with Gasteiger partial charge in [0.2, 0.25) is 0 Å². The van der Waals surface area contributed by atoms with Crippen molar-refractivity contribution in [3.8, 4) is 0 Å². The van der Waals surface area contributed by atoms with Crippen LogP contribution in [0.2, 0.25) is 58.4 Å². The zero-order valence-corrected chi connectivity index (χ0v) is 90.5. The molecule has 12 N–H and O–H groups in total. The topological polar surface area (TPSA) is 459 Å². The lowest BCUT2D eigenvalue weighted by molar-refractivity contribution is 0.0246. The number of pyridine rings is 6. The van der Waals surface area contributed by atoms with E-state index in [0.717, 1.165) is 88.4 Å². The van der Waals surface area contributed by atoms with Gasteiger partial charge in [0.15, 0.2) is 0 Å². The highest BCUT2D eigenvalue weighted by molar-refractivity contribution is 7.00. The molecule has 14 unspecified atom stereocenters. The molecule has 8 fully saturated rings. The van der Waals surface area contributed by atoms with Gasteiger partial charge in [-0.1, -0.05) is 235 Å². The fourth-order valence-electron chi connectivity index (χ4n) is 19.0. The van der Waals surface area contributed by atoms with E-state index in [1.165, 1.54) is 0 Å². The first-order valence-electron chi connectivity index (χ1n) is 47.7. The molecule has 732 valence electrons. The monoisotopic (exact) mass is 2110 g/mol. The molecule has 14 atom stereocenters. The first kappa shape index (κ1) is 104. The number of aromatic nitrogens is 6. The minimum Gasteiger partial charge on any atom is -0.391 e. The van der Waals surface area contributed by atoms with Gasteiger partial charge in [0.25, 0.3) is 0 Å². The summed E-state index contributed by atoms with van der Waals surface area (Å²) in [6.07, 6.45) is 28.1. The molecule has 0 radical (unpaired) electrons. The van der Waals surface area contributed by atoms with Crippen LogP contribution in [0.15, 0.2) is 268 Å². The Kier molecular flexibility index (Phi) is 34.6. The Morgan fingerprint density at radius 1 is 0.190 bits per heavy atom. The summed E-state index contributed by atoms with van der Waals surface area (Å²) >= 11 is 0. The van der Waals surface area contributed by atoms with Crippen molar-refractivity contribution in [3.05, 3.63) is 302 Å². The fraction of sp³-hybridized carbons (Fsp3) is 0.400. The van der Waals surface area contributed by atoms with Crippen molar-refractivity contribution in [3.63, 3.8) is 0 Å². The van der Waals surface area contributed by atoms with E-state index in [-0.39, 0.29) is 83.4 Å². The Morgan fingerprint density at radius 2 is 0.394 bits per heavy atom. The zero-order chi connectivity index (χ0) is 95.7. The lowest BCUT2D eigenvalue weighted by Crippen LogP contribution is -2.82. The van der Waals surface area contributed by atoms with Crippen molar-refractivity contribution in [2.45, 2.75) is 225 Å². The number of benzene rings is 4. The van der Waals surface area contributed by atoms with Crippen LogP contribution in [0.4, 0.5) is 0 Å². The Labute approximate surface area is 814 Å². The van der Waals surface area contributed by atoms with E-state index in [2.05, 4.69) is 29.9 Å². The fourth-order valence-corrected chi connectivity index (χ4v) is 80.5. The van der Waals surface area contributed by atoms with Crippen LogP contribution < -0.4 is 20.7 Å². The minimum atomic E-state index is -4.77. The minimum absolute atomic E-state index is 0.0288. The maximum Gasteiger partial charge on any atom is 0.520 e. The van der Waals surface area contributed by atoms with Crippen molar-refractivity contribution in [2.24, 2.45) is 0 Å². The third-order valence-electron chi connectivity index (χ3n) is 26.0. The predicted molar refractivity (Wildman–Crippen MR) is 532 cm³/mol. The summed E-state index contributed by atoms with van der Waals surface area (Å²) in [5.74, 6) is 0. The van der Waals surface area contributed by atoms with Crippen LogP contribution in [0.3, 0.4) is 0 Å². The van der Waals surface area contributed by atoms with Crippen LogP contribution in [0.25, 0.3) is 0 Å². The van der Waals surface area contributed by atoms with Gasteiger partial charge in [-0.3, -0.25) is 29.9 Å². The summed E-state index contributed by atoms with van der Waals surface area (Å²) in [4.78, 5) is 174. The van der Waals surface area contributed by atoms with Crippen molar-refractivity contribution in [1.29, 1.82) is 0 Å². The SMILES string of the molecule is O[Si]1(CCc2ccccn2)O[Si](O)(CCc2ccccn2)O[Si](O)(C2CCCCC2)O[Si](O)(C2CCCCC2)O1.O[Si]1(CCc2ccccn2)O[Si](O)(CCc2ccccn2)O[Si](O)(c2ccccc2)O[Si](O)(c2ccccc2)O1.O[Si]1(CCc2ccccn2)O[Si](O)(CCc2ccccn2)O[Si]2(C3CCCCC3)O[Si](O)(c3ccccc3)O[Si](O)(c3ccccc3)O[Si](C3CCCCC3)(O1)O2. The van der Waals surface area contributed by atoms with Gasteiger partial charge < -0.3 is 119 Å². The molecule has 4 aliphatic heterocycles. The molecular formula is C90H124N6O27Si14. The number of rotatable bonds is 26. The molecule has 10 aromatic rings. The summed E-state index contributed by atoms with van der Waals surface area (Å²) in [5, 5.41) is 1.13. The van der Waals surface area contributed by atoms with Crippen LogP contribution in [0.1, 0.15) is 163 Å². The Balaban J connectivity index is 0.000000153. The first-order valence-corrected chi connectivity index (χ1v) is 73.9. The van der Waals surface area contributed by atoms with Crippen LogP contribution >= 0.6 is 0 Å².